The number of pyridine rings is 1. The van der Waals surface area contributed by atoms with Gasteiger partial charge in [-0.3, -0.25) is 9.98 Å². The van der Waals surface area contributed by atoms with E-state index in [2.05, 4.69) is 118 Å². The summed E-state index contributed by atoms with van der Waals surface area (Å²) in [7, 11) is 0. The summed E-state index contributed by atoms with van der Waals surface area (Å²) < 4.78 is 0. The molecule has 4 aromatic rings. The molecule has 2 heterocycles. The minimum absolute atomic E-state index is 0.287. The average molecular weight is 489 g/mol. The first kappa shape index (κ1) is 24.9. The maximum atomic E-state index is 5.29. The van der Waals surface area contributed by atoms with Crippen molar-refractivity contribution in [2.45, 2.75) is 53.6 Å². The van der Waals surface area contributed by atoms with Crippen molar-refractivity contribution in [3.05, 3.63) is 107 Å². The highest BCUT2D eigenvalue weighted by molar-refractivity contribution is 6.10. The van der Waals surface area contributed by atoms with E-state index < -0.39 is 0 Å². The number of aliphatic imine (C=N–C) groups is 2. The number of nitrogens with zero attached hydrogens (tertiary/aromatic N) is 4. The lowest BCUT2D eigenvalue weighted by Crippen LogP contribution is -2.31. The number of fused-ring (bicyclic) bond motifs is 1. The number of aryl methyl sites for hydroxylation is 2. The summed E-state index contributed by atoms with van der Waals surface area (Å²) >= 11 is 0. The highest BCUT2D eigenvalue weighted by Crippen LogP contribution is 2.28. The van der Waals surface area contributed by atoms with E-state index in [1.807, 2.05) is 0 Å². The molecule has 0 saturated carbocycles. The molecule has 0 saturated heterocycles. The van der Waals surface area contributed by atoms with Gasteiger partial charge < -0.3 is 4.90 Å². The molecule has 0 bridgehead atoms. The third-order valence-corrected chi connectivity index (χ3v) is 7.56. The summed E-state index contributed by atoms with van der Waals surface area (Å²) in [6.07, 6.45) is 1.12. The zero-order valence-electron chi connectivity index (χ0n) is 22.6. The Morgan fingerprint density at radius 3 is 2.41 bits per heavy atom. The van der Waals surface area contributed by atoms with E-state index in [4.69, 9.17) is 15.0 Å². The Bertz CT molecular complexity index is 1450. The summed E-state index contributed by atoms with van der Waals surface area (Å²) in [4.78, 5) is 17.9. The quantitative estimate of drug-likeness (QED) is 0.250. The number of amidine groups is 1. The lowest BCUT2D eigenvalue weighted by molar-refractivity contribution is 0.360. The van der Waals surface area contributed by atoms with E-state index in [0.29, 0.717) is 5.92 Å². The first-order chi connectivity index (χ1) is 17.9. The van der Waals surface area contributed by atoms with Gasteiger partial charge in [0.2, 0.25) is 0 Å². The molecule has 1 aromatic heterocycles. The maximum absolute atomic E-state index is 5.29. The number of rotatable bonds is 7. The molecule has 0 aliphatic carbocycles. The van der Waals surface area contributed by atoms with Gasteiger partial charge in [-0.2, -0.15) is 0 Å². The molecule has 5 rings (SSSR count). The van der Waals surface area contributed by atoms with Crippen molar-refractivity contribution in [1.82, 2.24) is 9.88 Å². The van der Waals surface area contributed by atoms with Crippen LogP contribution in [0.1, 0.15) is 55.1 Å². The monoisotopic (exact) mass is 488 g/mol. The van der Waals surface area contributed by atoms with E-state index in [-0.39, 0.29) is 6.04 Å². The smallest absolute Gasteiger partial charge is 0.133 e. The normalized spacial score (nSPS) is 16.8. The van der Waals surface area contributed by atoms with Gasteiger partial charge in [-0.25, -0.2) is 4.98 Å². The summed E-state index contributed by atoms with van der Waals surface area (Å²) in [5, 5.41) is 1.12. The fraction of sp³-hybridized carbons (Fsp3) is 0.303. The lowest BCUT2D eigenvalue weighted by Gasteiger charge is -2.23. The van der Waals surface area contributed by atoms with Crippen molar-refractivity contribution in [1.29, 1.82) is 0 Å². The molecule has 2 atom stereocenters. The third kappa shape index (κ3) is 5.20. The Labute approximate surface area is 220 Å². The van der Waals surface area contributed by atoms with Crippen molar-refractivity contribution < 1.29 is 0 Å². The van der Waals surface area contributed by atoms with Crippen molar-refractivity contribution >= 4 is 28.1 Å². The SMILES string of the molecule is CC[C@H](C)[C@H]1CN(Cc2ccccc2)C(c2cccc3ccc(/C(C)=N/c4c(C)cccc4C)nc23)=N1. The van der Waals surface area contributed by atoms with E-state index in [9.17, 15) is 0 Å². The Morgan fingerprint density at radius 1 is 0.946 bits per heavy atom. The number of para-hydroxylation sites is 2. The lowest BCUT2D eigenvalue weighted by atomic mass is 10.0. The number of aromatic nitrogens is 1. The second-order valence-electron chi connectivity index (χ2n) is 10.3. The number of hydrogen-bond acceptors (Lipinski definition) is 4. The molecule has 0 unspecified atom stereocenters. The number of benzene rings is 3. The summed E-state index contributed by atoms with van der Waals surface area (Å²) in [6.45, 7) is 12.6. The van der Waals surface area contributed by atoms with Crippen LogP contribution in [0.3, 0.4) is 0 Å². The van der Waals surface area contributed by atoms with Gasteiger partial charge in [-0.15, -0.1) is 0 Å². The molecule has 0 N–H and O–H groups in total. The van der Waals surface area contributed by atoms with Crippen LogP contribution in [-0.2, 0) is 6.54 Å². The van der Waals surface area contributed by atoms with Crippen molar-refractivity contribution in [2.75, 3.05) is 6.54 Å². The first-order valence-corrected chi connectivity index (χ1v) is 13.3. The van der Waals surface area contributed by atoms with E-state index >= 15 is 0 Å². The van der Waals surface area contributed by atoms with Crippen molar-refractivity contribution in [2.24, 2.45) is 15.9 Å². The van der Waals surface area contributed by atoms with E-state index in [0.717, 1.165) is 58.9 Å². The van der Waals surface area contributed by atoms with Gasteiger partial charge in [-0.05, 0) is 55.5 Å². The van der Waals surface area contributed by atoms with Crippen LogP contribution in [0, 0.1) is 19.8 Å². The van der Waals surface area contributed by atoms with Crippen LogP contribution in [-0.4, -0.2) is 34.0 Å². The largest absolute Gasteiger partial charge is 0.350 e. The zero-order valence-corrected chi connectivity index (χ0v) is 22.6. The molecular weight excluding hydrogens is 452 g/mol. The Morgan fingerprint density at radius 2 is 1.68 bits per heavy atom. The second kappa shape index (κ2) is 10.7. The van der Waals surface area contributed by atoms with E-state index in [1.165, 1.54) is 16.7 Å². The van der Waals surface area contributed by atoms with Crippen LogP contribution in [0.4, 0.5) is 5.69 Å². The Hall–Kier alpha value is -3.79. The average Bonchev–Trinajstić information content (AvgIpc) is 3.33. The maximum Gasteiger partial charge on any atom is 0.133 e. The molecule has 188 valence electrons. The second-order valence-corrected chi connectivity index (χ2v) is 10.3. The predicted molar refractivity (Wildman–Crippen MR) is 156 cm³/mol. The minimum Gasteiger partial charge on any atom is -0.350 e. The molecule has 0 spiro atoms. The fourth-order valence-electron chi connectivity index (χ4n) is 5.09. The third-order valence-electron chi connectivity index (χ3n) is 7.56. The molecule has 4 nitrogen and oxygen atoms in total. The van der Waals surface area contributed by atoms with Crippen LogP contribution in [0.25, 0.3) is 10.9 Å². The first-order valence-electron chi connectivity index (χ1n) is 13.3. The van der Waals surface area contributed by atoms with Gasteiger partial charge in [0.1, 0.15) is 5.84 Å². The van der Waals surface area contributed by atoms with E-state index in [1.54, 1.807) is 0 Å². The molecule has 1 aliphatic heterocycles. The molecule has 1 aliphatic rings. The zero-order chi connectivity index (χ0) is 25.9. The van der Waals surface area contributed by atoms with Crippen LogP contribution in [0.5, 0.6) is 0 Å². The van der Waals surface area contributed by atoms with Crippen molar-refractivity contribution in [3.63, 3.8) is 0 Å². The van der Waals surface area contributed by atoms with Gasteiger partial charge in [0.15, 0.2) is 0 Å². The van der Waals surface area contributed by atoms with Crippen LogP contribution < -0.4 is 0 Å². The summed E-state index contributed by atoms with van der Waals surface area (Å²) in [5.41, 5.74) is 8.57. The Balaban J connectivity index is 1.58. The topological polar surface area (TPSA) is 40.9 Å². The van der Waals surface area contributed by atoms with Crippen LogP contribution in [0.15, 0.2) is 88.8 Å². The van der Waals surface area contributed by atoms with Gasteiger partial charge in [0.25, 0.3) is 0 Å². The standard InChI is InChI=1S/C33H36N4/c1-6-22(2)30-21-37(20-26-14-8-7-9-15-26)33(36-30)28-17-11-16-27-18-19-29(35-32(27)28)25(5)34-31-23(3)12-10-13-24(31)4/h7-19,22,30H,6,20-21H2,1-5H3/b34-25+/t22-,30+/m0/s1. The van der Waals surface area contributed by atoms with Gasteiger partial charge in [-0.1, -0.05) is 87.0 Å². The van der Waals surface area contributed by atoms with Gasteiger partial charge >= 0.3 is 0 Å². The van der Waals surface area contributed by atoms with Crippen LogP contribution in [0.2, 0.25) is 0 Å². The molecule has 0 fully saturated rings. The number of hydrogen-bond donors (Lipinski definition) is 0. The molecule has 37 heavy (non-hydrogen) atoms. The molecule has 0 amide bonds. The predicted octanol–water partition coefficient (Wildman–Crippen LogP) is 7.67. The summed E-state index contributed by atoms with van der Waals surface area (Å²) in [6, 6.07) is 27.9. The molecule has 0 radical (unpaired) electrons. The fourth-order valence-corrected chi connectivity index (χ4v) is 5.09. The van der Waals surface area contributed by atoms with Gasteiger partial charge in [0.05, 0.1) is 28.7 Å². The van der Waals surface area contributed by atoms with Crippen molar-refractivity contribution in [3.8, 4) is 0 Å². The molecular formula is C33H36N4. The minimum atomic E-state index is 0.287. The van der Waals surface area contributed by atoms with Crippen LogP contribution >= 0.6 is 0 Å². The highest BCUT2D eigenvalue weighted by Gasteiger charge is 2.30. The molecule has 3 aromatic carbocycles. The van der Waals surface area contributed by atoms with Gasteiger partial charge in [0, 0.05) is 24.0 Å². The summed E-state index contributed by atoms with van der Waals surface area (Å²) in [5.74, 6) is 1.58. The molecule has 4 heteroatoms. The Kier molecular flexibility index (Phi) is 7.18. The highest BCUT2D eigenvalue weighted by atomic mass is 15.3.